The van der Waals surface area contributed by atoms with Crippen LogP contribution in [0.5, 0.6) is 0 Å². The lowest BCUT2D eigenvalue weighted by molar-refractivity contribution is -0.151. The van der Waals surface area contributed by atoms with Crippen molar-refractivity contribution < 1.29 is 23.3 Å². The fraction of sp³-hybridized carbons (Fsp3) is 0.552. The van der Waals surface area contributed by atoms with Crippen LogP contribution in [-0.2, 0) is 27.1 Å². The monoisotopic (exact) mass is 502 g/mol. The van der Waals surface area contributed by atoms with Crippen LogP contribution >= 0.6 is 0 Å². The lowest BCUT2D eigenvalue weighted by Gasteiger charge is -2.17. The van der Waals surface area contributed by atoms with E-state index in [4.69, 9.17) is 18.5 Å². The SMILES string of the molecule is C=C/C=C(\C=C)COCCCCc1noc(-c2cc(CCC)on2)c1C.CC.CC(=O)OC(C)(C)C. The number of carbonyl (C=O) groups excluding carboxylic acids is 1. The summed E-state index contributed by atoms with van der Waals surface area (Å²) >= 11 is 0. The van der Waals surface area contributed by atoms with E-state index in [1.807, 2.05) is 53.7 Å². The third-order valence-corrected chi connectivity index (χ3v) is 4.57. The molecule has 0 fully saturated rings. The summed E-state index contributed by atoms with van der Waals surface area (Å²) in [5.74, 6) is 1.35. The first kappa shape index (κ1) is 33.1. The number of aromatic nitrogens is 2. The summed E-state index contributed by atoms with van der Waals surface area (Å²) in [6.45, 7) is 23.8. The van der Waals surface area contributed by atoms with Crippen molar-refractivity contribution in [3.05, 3.63) is 60.0 Å². The summed E-state index contributed by atoms with van der Waals surface area (Å²) in [7, 11) is 0. The summed E-state index contributed by atoms with van der Waals surface area (Å²) in [5, 5.41) is 8.29. The van der Waals surface area contributed by atoms with Crippen LogP contribution in [0, 0.1) is 6.92 Å². The van der Waals surface area contributed by atoms with E-state index >= 15 is 0 Å². The van der Waals surface area contributed by atoms with Crippen molar-refractivity contribution in [2.24, 2.45) is 0 Å². The van der Waals surface area contributed by atoms with Crippen molar-refractivity contribution in [1.29, 1.82) is 0 Å². The molecule has 2 aromatic heterocycles. The van der Waals surface area contributed by atoms with E-state index in [1.54, 1.807) is 12.2 Å². The van der Waals surface area contributed by atoms with Gasteiger partial charge in [-0.15, -0.1) is 0 Å². The maximum absolute atomic E-state index is 10.2. The Morgan fingerprint density at radius 2 is 1.81 bits per heavy atom. The summed E-state index contributed by atoms with van der Waals surface area (Å²) in [5.41, 5.74) is 3.43. The number of carbonyl (C=O) groups is 1. The topological polar surface area (TPSA) is 87.6 Å². The van der Waals surface area contributed by atoms with Crippen LogP contribution in [0.2, 0.25) is 0 Å². The molecule has 0 aliphatic carbocycles. The van der Waals surface area contributed by atoms with E-state index in [1.165, 1.54) is 6.92 Å². The van der Waals surface area contributed by atoms with Gasteiger partial charge in [0.25, 0.3) is 0 Å². The Morgan fingerprint density at radius 3 is 2.33 bits per heavy atom. The number of hydrogen-bond donors (Lipinski definition) is 0. The van der Waals surface area contributed by atoms with Crippen LogP contribution in [0.15, 0.2) is 52.1 Å². The van der Waals surface area contributed by atoms with Gasteiger partial charge in [-0.05, 0) is 59.0 Å². The van der Waals surface area contributed by atoms with Gasteiger partial charge < -0.3 is 18.5 Å². The quantitative estimate of drug-likeness (QED) is 0.168. The Labute approximate surface area is 217 Å². The molecule has 2 aromatic rings. The third kappa shape index (κ3) is 13.8. The average Bonchev–Trinajstić information content (AvgIpc) is 3.42. The highest BCUT2D eigenvalue weighted by atomic mass is 16.6. The molecule has 7 nitrogen and oxygen atoms in total. The van der Waals surface area contributed by atoms with Gasteiger partial charge in [-0.1, -0.05) is 62.5 Å². The molecule has 0 amide bonds. The van der Waals surface area contributed by atoms with Crippen molar-refractivity contribution in [3.8, 4) is 11.5 Å². The molecule has 0 bridgehead atoms. The molecule has 0 aromatic carbocycles. The Kier molecular flexibility index (Phi) is 16.9. The zero-order chi connectivity index (χ0) is 27.6. The van der Waals surface area contributed by atoms with E-state index < -0.39 is 0 Å². The van der Waals surface area contributed by atoms with Crippen molar-refractivity contribution >= 4 is 5.97 Å². The Balaban J connectivity index is 0.00000104. The number of unbranched alkanes of at least 4 members (excludes halogenated alkanes) is 1. The van der Waals surface area contributed by atoms with Gasteiger partial charge in [0.15, 0.2) is 11.5 Å². The molecule has 0 radical (unpaired) electrons. The van der Waals surface area contributed by atoms with Crippen LogP contribution in [-0.4, -0.2) is 35.1 Å². The van der Waals surface area contributed by atoms with Gasteiger partial charge in [-0.3, -0.25) is 4.79 Å². The number of nitrogens with zero attached hydrogens (tertiary/aromatic N) is 2. The molecule has 7 heteroatoms. The Bertz CT molecular complexity index is 932. The van der Waals surface area contributed by atoms with Gasteiger partial charge in [0.1, 0.15) is 11.4 Å². The zero-order valence-corrected chi connectivity index (χ0v) is 23.6. The summed E-state index contributed by atoms with van der Waals surface area (Å²) in [6, 6.07) is 1.93. The molecule has 0 aliphatic heterocycles. The molecule has 0 N–H and O–H groups in total. The second-order valence-corrected chi connectivity index (χ2v) is 8.91. The maximum atomic E-state index is 10.2. The molecule has 0 unspecified atom stereocenters. The molecule has 2 rings (SSSR count). The van der Waals surface area contributed by atoms with Gasteiger partial charge in [-0.2, -0.15) is 0 Å². The van der Waals surface area contributed by atoms with Crippen LogP contribution in [0.1, 0.15) is 84.7 Å². The van der Waals surface area contributed by atoms with Crippen molar-refractivity contribution in [2.45, 2.75) is 93.1 Å². The number of rotatable bonds is 12. The first-order valence-corrected chi connectivity index (χ1v) is 12.7. The first-order chi connectivity index (χ1) is 17.1. The third-order valence-electron chi connectivity index (χ3n) is 4.57. The molecule has 0 atom stereocenters. The largest absolute Gasteiger partial charge is 0.460 e. The van der Waals surface area contributed by atoms with Crippen LogP contribution in [0.4, 0.5) is 0 Å². The number of aryl methyl sites for hydroxylation is 2. The van der Waals surface area contributed by atoms with Gasteiger partial charge >= 0.3 is 5.97 Å². The minimum absolute atomic E-state index is 0.225. The van der Waals surface area contributed by atoms with E-state index in [-0.39, 0.29) is 11.6 Å². The first-order valence-electron chi connectivity index (χ1n) is 12.7. The minimum Gasteiger partial charge on any atom is -0.460 e. The average molecular weight is 503 g/mol. The predicted molar refractivity (Wildman–Crippen MR) is 146 cm³/mol. The van der Waals surface area contributed by atoms with Gasteiger partial charge in [0.2, 0.25) is 0 Å². The lowest BCUT2D eigenvalue weighted by Crippen LogP contribution is -2.21. The number of ether oxygens (including phenoxy) is 2. The van der Waals surface area contributed by atoms with E-state index in [0.29, 0.717) is 19.0 Å². The standard InChI is InChI=1S/C21H28N2O3.C6H12O2.C2H6/c1-5-10-17(7-3)15-24-13-9-8-12-19-16(4)21(26-22-19)20-14-18(11-6-2)25-23-20;1-5(7)8-6(2,3)4;1-2/h5,7,10,14H,1,3,6,8-9,11-13,15H2,2,4H3;1-4H3;1-2H3/b17-10+;;. The molecule has 0 saturated heterocycles. The zero-order valence-electron chi connectivity index (χ0n) is 23.6. The molecule has 0 spiro atoms. The van der Waals surface area contributed by atoms with Crippen LogP contribution in [0.3, 0.4) is 0 Å². The van der Waals surface area contributed by atoms with Gasteiger partial charge in [0.05, 0.1) is 12.3 Å². The Morgan fingerprint density at radius 1 is 1.11 bits per heavy atom. The minimum atomic E-state index is -0.328. The van der Waals surface area contributed by atoms with E-state index in [2.05, 4.69) is 30.4 Å². The Hall–Kier alpha value is -2.93. The lowest BCUT2D eigenvalue weighted by atomic mass is 10.1. The second-order valence-electron chi connectivity index (χ2n) is 8.91. The number of esters is 1. The van der Waals surface area contributed by atoms with Crippen LogP contribution in [0.25, 0.3) is 11.5 Å². The molecule has 0 saturated carbocycles. The molecule has 202 valence electrons. The highest BCUT2D eigenvalue weighted by Gasteiger charge is 2.17. The molecule has 2 heterocycles. The van der Waals surface area contributed by atoms with Crippen LogP contribution < -0.4 is 0 Å². The van der Waals surface area contributed by atoms with Crippen molar-refractivity contribution in [1.82, 2.24) is 10.3 Å². The normalized spacial score (nSPS) is 11.1. The maximum Gasteiger partial charge on any atom is 0.303 e. The smallest absolute Gasteiger partial charge is 0.303 e. The van der Waals surface area contributed by atoms with Crippen molar-refractivity contribution in [2.75, 3.05) is 13.2 Å². The van der Waals surface area contributed by atoms with E-state index in [0.717, 1.165) is 60.4 Å². The number of hydrogen-bond acceptors (Lipinski definition) is 7. The molecule has 36 heavy (non-hydrogen) atoms. The van der Waals surface area contributed by atoms with Gasteiger partial charge in [-0.25, -0.2) is 0 Å². The summed E-state index contributed by atoms with van der Waals surface area (Å²) in [4.78, 5) is 10.2. The molecular formula is C29H46N2O5. The number of allylic oxidation sites excluding steroid dienone is 2. The predicted octanol–water partition coefficient (Wildman–Crippen LogP) is 7.60. The van der Waals surface area contributed by atoms with E-state index in [9.17, 15) is 4.79 Å². The summed E-state index contributed by atoms with van der Waals surface area (Å²) in [6.07, 6.45) is 10.1. The van der Waals surface area contributed by atoms with Crippen molar-refractivity contribution in [3.63, 3.8) is 0 Å². The fourth-order valence-electron chi connectivity index (χ4n) is 3.07. The molecular weight excluding hydrogens is 456 g/mol. The fourth-order valence-corrected chi connectivity index (χ4v) is 3.07. The summed E-state index contributed by atoms with van der Waals surface area (Å²) < 4.78 is 21.3. The van der Waals surface area contributed by atoms with Gasteiger partial charge in [0, 0.05) is 31.6 Å². The highest BCUT2D eigenvalue weighted by molar-refractivity contribution is 5.66. The second kappa shape index (κ2) is 18.4. The molecule has 0 aliphatic rings. The highest BCUT2D eigenvalue weighted by Crippen LogP contribution is 2.26.